The summed E-state index contributed by atoms with van der Waals surface area (Å²) in [6.07, 6.45) is 0. The molecule has 0 fully saturated rings. The molecule has 106 valence electrons. The summed E-state index contributed by atoms with van der Waals surface area (Å²) in [6.45, 7) is 7.83. The van der Waals surface area contributed by atoms with Crippen LogP contribution in [0, 0.1) is 12.7 Å². The molecule has 0 bridgehead atoms. The number of nitrogens with zero attached hydrogens (tertiary/aromatic N) is 2. The smallest absolute Gasteiger partial charge is 0.146 e. The third-order valence-corrected chi connectivity index (χ3v) is 2.89. The van der Waals surface area contributed by atoms with Gasteiger partial charge in [-0.05, 0) is 18.6 Å². The van der Waals surface area contributed by atoms with Gasteiger partial charge < -0.3 is 11.1 Å². The van der Waals surface area contributed by atoms with E-state index in [0.717, 1.165) is 5.56 Å². The quantitative estimate of drug-likeness (QED) is 0.879. The number of hydrogen-bond donors (Lipinski definition) is 2. The number of benzene rings is 1. The molecule has 1 heterocycles. The Balaban J connectivity index is 2.42. The molecule has 0 aliphatic rings. The summed E-state index contributed by atoms with van der Waals surface area (Å²) in [5.74, 6) is 1.16. The van der Waals surface area contributed by atoms with Gasteiger partial charge in [0.05, 0.1) is 5.69 Å². The van der Waals surface area contributed by atoms with E-state index in [0.29, 0.717) is 23.1 Å². The van der Waals surface area contributed by atoms with Crippen LogP contribution in [0.3, 0.4) is 0 Å². The Kier molecular flexibility index (Phi) is 3.61. The fraction of sp³-hybridized carbons (Fsp3) is 0.333. The summed E-state index contributed by atoms with van der Waals surface area (Å²) in [5, 5.41) is 2.99. The second-order valence-electron chi connectivity index (χ2n) is 5.81. The minimum Gasteiger partial charge on any atom is -0.384 e. The Labute approximate surface area is 118 Å². The molecular formula is C15H19FN4. The van der Waals surface area contributed by atoms with Crippen LogP contribution in [0.1, 0.15) is 32.2 Å². The van der Waals surface area contributed by atoms with E-state index in [2.05, 4.69) is 15.3 Å². The molecule has 5 heteroatoms. The normalized spacial score (nSPS) is 11.4. The topological polar surface area (TPSA) is 63.8 Å². The Morgan fingerprint density at radius 2 is 1.90 bits per heavy atom. The van der Waals surface area contributed by atoms with Crippen LogP contribution < -0.4 is 11.1 Å². The number of halogens is 1. The molecule has 2 aromatic rings. The maximum Gasteiger partial charge on any atom is 0.146 e. The molecule has 3 N–H and O–H groups in total. The van der Waals surface area contributed by atoms with Crippen molar-refractivity contribution in [2.75, 3.05) is 11.1 Å². The zero-order valence-electron chi connectivity index (χ0n) is 12.2. The Bertz CT molecular complexity index is 612. The molecule has 0 radical (unpaired) electrons. The average Bonchev–Trinajstić information content (AvgIpc) is 2.32. The zero-order valence-corrected chi connectivity index (χ0v) is 12.2. The number of nitrogen functional groups attached to an aromatic ring is 1. The molecule has 0 amide bonds. The predicted octanol–water partition coefficient (Wildman–Crippen LogP) is 3.55. The van der Waals surface area contributed by atoms with Gasteiger partial charge in [0.25, 0.3) is 0 Å². The summed E-state index contributed by atoms with van der Waals surface area (Å²) in [5.41, 5.74) is 6.79. The van der Waals surface area contributed by atoms with E-state index in [4.69, 9.17) is 5.73 Å². The second-order valence-corrected chi connectivity index (χ2v) is 5.81. The molecule has 2 rings (SSSR count). The molecule has 0 aliphatic carbocycles. The number of para-hydroxylation sites is 1. The molecule has 0 aliphatic heterocycles. The van der Waals surface area contributed by atoms with Crippen LogP contribution in [-0.2, 0) is 5.41 Å². The maximum atomic E-state index is 13.8. The van der Waals surface area contributed by atoms with E-state index in [9.17, 15) is 4.39 Å². The fourth-order valence-corrected chi connectivity index (χ4v) is 1.78. The molecule has 20 heavy (non-hydrogen) atoms. The molecule has 0 unspecified atom stereocenters. The number of nitrogens with two attached hydrogens (primary N) is 1. The Morgan fingerprint density at radius 3 is 2.50 bits per heavy atom. The number of hydrogen-bond acceptors (Lipinski definition) is 4. The van der Waals surface area contributed by atoms with Gasteiger partial charge in [-0.3, -0.25) is 0 Å². The Morgan fingerprint density at radius 1 is 1.20 bits per heavy atom. The number of aromatic nitrogens is 2. The lowest BCUT2D eigenvalue weighted by Gasteiger charge is -2.18. The minimum absolute atomic E-state index is 0.226. The van der Waals surface area contributed by atoms with Crippen molar-refractivity contribution in [1.82, 2.24) is 9.97 Å². The summed E-state index contributed by atoms with van der Waals surface area (Å²) >= 11 is 0. The van der Waals surface area contributed by atoms with Crippen LogP contribution in [0.25, 0.3) is 0 Å². The van der Waals surface area contributed by atoms with Gasteiger partial charge in [0, 0.05) is 11.5 Å². The van der Waals surface area contributed by atoms with E-state index in [1.807, 2.05) is 33.8 Å². The van der Waals surface area contributed by atoms with Crippen LogP contribution in [0.5, 0.6) is 0 Å². The van der Waals surface area contributed by atoms with Crippen LogP contribution >= 0.6 is 0 Å². The van der Waals surface area contributed by atoms with Crippen LogP contribution in [0.2, 0.25) is 0 Å². The van der Waals surface area contributed by atoms with Crippen molar-refractivity contribution in [3.63, 3.8) is 0 Å². The Hall–Kier alpha value is -2.17. The van der Waals surface area contributed by atoms with E-state index >= 15 is 0 Å². The lowest BCUT2D eigenvalue weighted by Crippen LogP contribution is -2.17. The van der Waals surface area contributed by atoms with Crippen molar-refractivity contribution in [3.05, 3.63) is 41.5 Å². The molecule has 0 saturated heterocycles. The summed E-state index contributed by atoms with van der Waals surface area (Å²) in [6, 6.07) is 6.51. The van der Waals surface area contributed by atoms with Gasteiger partial charge in [-0.1, -0.05) is 32.9 Å². The van der Waals surface area contributed by atoms with Crippen molar-refractivity contribution in [2.24, 2.45) is 0 Å². The summed E-state index contributed by atoms with van der Waals surface area (Å²) < 4.78 is 13.8. The molecule has 0 atom stereocenters. The minimum atomic E-state index is -0.320. The van der Waals surface area contributed by atoms with Gasteiger partial charge in [0.1, 0.15) is 23.3 Å². The van der Waals surface area contributed by atoms with Crippen LogP contribution in [0.4, 0.5) is 21.7 Å². The summed E-state index contributed by atoms with van der Waals surface area (Å²) in [4.78, 5) is 8.64. The third kappa shape index (κ3) is 3.04. The highest BCUT2D eigenvalue weighted by Crippen LogP contribution is 2.26. The van der Waals surface area contributed by atoms with E-state index in [1.54, 1.807) is 12.1 Å². The standard InChI is InChI=1S/C15H19FN4/c1-9-6-5-7-10(16)13(9)19-12-8-11(17)18-14(20-12)15(2,3)4/h5-8H,1-4H3,(H3,17,18,19,20). The van der Waals surface area contributed by atoms with E-state index in [-0.39, 0.29) is 11.2 Å². The largest absolute Gasteiger partial charge is 0.384 e. The first-order valence-corrected chi connectivity index (χ1v) is 6.44. The first kappa shape index (κ1) is 14.2. The highest BCUT2D eigenvalue weighted by atomic mass is 19.1. The number of nitrogens with one attached hydrogen (secondary N) is 1. The van der Waals surface area contributed by atoms with Crippen molar-refractivity contribution in [3.8, 4) is 0 Å². The fourth-order valence-electron chi connectivity index (χ4n) is 1.78. The first-order chi connectivity index (χ1) is 9.27. The van der Waals surface area contributed by atoms with Crippen LogP contribution in [-0.4, -0.2) is 9.97 Å². The second kappa shape index (κ2) is 5.07. The third-order valence-electron chi connectivity index (χ3n) is 2.89. The molecule has 0 saturated carbocycles. The highest BCUT2D eigenvalue weighted by molar-refractivity contribution is 5.62. The van der Waals surface area contributed by atoms with Crippen molar-refractivity contribution in [1.29, 1.82) is 0 Å². The van der Waals surface area contributed by atoms with Gasteiger partial charge >= 0.3 is 0 Å². The van der Waals surface area contributed by atoms with Gasteiger partial charge in [-0.15, -0.1) is 0 Å². The molecule has 1 aromatic heterocycles. The average molecular weight is 274 g/mol. The molecule has 4 nitrogen and oxygen atoms in total. The predicted molar refractivity (Wildman–Crippen MR) is 79.6 cm³/mol. The lowest BCUT2D eigenvalue weighted by molar-refractivity contribution is 0.547. The first-order valence-electron chi connectivity index (χ1n) is 6.44. The maximum absolute atomic E-state index is 13.8. The highest BCUT2D eigenvalue weighted by Gasteiger charge is 2.19. The van der Waals surface area contributed by atoms with Crippen molar-refractivity contribution in [2.45, 2.75) is 33.1 Å². The van der Waals surface area contributed by atoms with Crippen LogP contribution in [0.15, 0.2) is 24.3 Å². The number of aryl methyl sites for hydroxylation is 1. The van der Waals surface area contributed by atoms with Gasteiger partial charge in [-0.25, -0.2) is 14.4 Å². The van der Waals surface area contributed by atoms with E-state index in [1.165, 1.54) is 6.07 Å². The van der Waals surface area contributed by atoms with Crippen molar-refractivity contribution < 1.29 is 4.39 Å². The SMILES string of the molecule is Cc1cccc(F)c1Nc1cc(N)nc(C(C)(C)C)n1. The van der Waals surface area contributed by atoms with E-state index < -0.39 is 0 Å². The van der Waals surface area contributed by atoms with Gasteiger partial charge in [0.15, 0.2) is 0 Å². The van der Waals surface area contributed by atoms with Gasteiger partial charge in [-0.2, -0.15) is 0 Å². The monoisotopic (exact) mass is 274 g/mol. The van der Waals surface area contributed by atoms with Gasteiger partial charge in [0.2, 0.25) is 0 Å². The summed E-state index contributed by atoms with van der Waals surface area (Å²) in [7, 11) is 0. The number of anilines is 3. The molecular weight excluding hydrogens is 255 g/mol. The lowest BCUT2D eigenvalue weighted by atomic mass is 9.96. The number of rotatable bonds is 2. The van der Waals surface area contributed by atoms with Crippen molar-refractivity contribution >= 4 is 17.3 Å². The zero-order chi connectivity index (χ0) is 14.9. The molecule has 1 aromatic carbocycles. The molecule has 0 spiro atoms.